The van der Waals surface area contributed by atoms with Gasteiger partial charge < -0.3 is 19.9 Å². The van der Waals surface area contributed by atoms with E-state index in [1.807, 2.05) is 22.8 Å². The van der Waals surface area contributed by atoms with Crippen molar-refractivity contribution in [1.29, 1.82) is 0 Å². The highest BCUT2D eigenvalue weighted by Crippen LogP contribution is 2.23. The Balaban J connectivity index is 1.50. The van der Waals surface area contributed by atoms with E-state index >= 15 is 0 Å². The Morgan fingerprint density at radius 3 is 2.73 bits per heavy atom. The average molecular weight is 452 g/mol. The second kappa shape index (κ2) is 10.1. The summed E-state index contributed by atoms with van der Waals surface area (Å²) in [7, 11) is 1.67. The fraction of sp³-hybridized carbons (Fsp3) is 0.435. The molecule has 174 valence electrons. The van der Waals surface area contributed by atoms with E-state index in [2.05, 4.69) is 45.1 Å². The van der Waals surface area contributed by atoms with E-state index in [0.29, 0.717) is 36.8 Å². The maximum atomic E-state index is 13.2. The molecule has 1 amide bonds. The van der Waals surface area contributed by atoms with Gasteiger partial charge in [0.1, 0.15) is 5.69 Å². The Bertz CT molecular complexity index is 1120. The summed E-state index contributed by atoms with van der Waals surface area (Å²) in [6.07, 6.45) is 0.857. The molecule has 0 bridgehead atoms. The predicted molar refractivity (Wildman–Crippen MR) is 121 cm³/mol. The van der Waals surface area contributed by atoms with Gasteiger partial charge in [-0.2, -0.15) is 4.80 Å². The third-order valence-corrected chi connectivity index (χ3v) is 5.82. The molecule has 33 heavy (non-hydrogen) atoms. The molecule has 1 aromatic carbocycles. The largest absolute Gasteiger partial charge is 0.373 e. The zero-order valence-electron chi connectivity index (χ0n) is 19.1. The second-order valence-electron chi connectivity index (χ2n) is 8.10. The molecule has 1 aliphatic heterocycles. The van der Waals surface area contributed by atoms with Crippen LogP contribution in [0.5, 0.6) is 0 Å². The number of fused-ring (bicyclic) bond motifs is 1. The lowest BCUT2D eigenvalue weighted by atomic mass is 10.0. The minimum atomic E-state index is -0.422. The Morgan fingerprint density at radius 2 is 2.03 bits per heavy atom. The SMILES string of the molecule is CC[C@@H](NCC(=O)c1cc(C(=O)NC(C)c2nnn(C)n2)n2c1COCC2)c1ccccc1. The molecule has 2 aromatic heterocycles. The van der Waals surface area contributed by atoms with Crippen LogP contribution in [0.4, 0.5) is 0 Å². The van der Waals surface area contributed by atoms with Gasteiger partial charge in [0.15, 0.2) is 11.6 Å². The molecule has 2 atom stereocenters. The van der Waals surface area contributed by atoms with Crippen LogP contribution in [0.1, 0.15) is 70.3 Å². The van der Waals surface area contributed by atoms with Crippen molar-refractivity contribution in [3.63, 3.8) is 0 Å². The van der Waals surface area contributed by atoms with Gasteiger partial charge in [0, 0.05) is 18.2 Å². The number of amides is 1. The van der Waals surface area contributed by atoms with Crippen LogP contribution >= 0.6 is 0 Å². The van der Waals surface area contributed by atoms with E-state index in [4.69, 9.17) is 4.74 Å². The molecule has 0 aliphatic carbocycles. The molecule has 0 saturated heterocycles. The van der Waals surface area contributed by atoms with Crippen LogP contribution in [-0.4, -0.2) is 49.6 Å². The molecule has 3 aromatic rings. The normalized spacial score (nSPS) is 15.0. The van der Waals surface area contributed by atoms with E-state index in [1.54, 1.807) is 20.0 Å². The van der Waals surface area contributed by atoms with Gasteiger partial charge in [-0.25, -0.2) is 0 Å². The molecule has 0 saturated carbocycles. The fourth-order valence-corrected chi connectivity index (χ4v) is 4.06. The minimum absolute atomic E-state index is 0.0682. The summed E-state index contributed by atoms with van der Waals surface area (Å²) in [5.41, 5.74) is 2.82. The number of tetrazole rings is 1. The molecule has 3 heterocycles. The van der Waals surface area contributed by atoms with Crippen LogP contribution in [0.2, 0.25) is 0 Å². The van der Waals surface area contributed by atoms with Crippen molar-refractivity contribution in [1.82, 2.24) is 35.4 Å². The molecule has 0 spiro atoms. The molecule has 10 heteroatoms. The topological polar surface area (TPSA) is 116 Å². The summed E-state index contributed by atoms with van der Waals surface area (Å²) in [5.74, 6) is 0.0637. The van der Waals surface area contributed by atoms with Crippen molar-refractivity contribution >= 4 is 11.7 Å². The lowest BCUT2D eigenvalue weighted by Crippen LogP contribution is -2.31. The van der Waals surface area contributed by atoms with E-state index in [-0.39, 0.29) is 24.3 Å². The average Bonchev–Trinajstić information content (AvgIpc) is 3.44. The van der Waals surface area contributed by atoms with Crippen molar-refractivity contribution < 1.29 is 14.3 Å². The first-order valence-corrected chi connectivity index (χ1v) is 11.1. The molecule has 10 nitrogen and oxygen atoms in total. The highest BCUT2D eigenvalue weighted by atomic mass is 16.5. The van der Waals surface area contributed by atoms with Crippen LogP contribution in [0.3, 0.4) is 0 Å². The molecule has 0 radical (unpaired) electrons. The first-order valence-electron chi connectivity index (χ1n) is 11.1. The number of hydrogen-bond donors (Lipinski definition) is 2. The Labute approximate surface area is 192 Å². The van der Waals surface area contributed by atoms with Gasteiger partial charge in [0.25, 0.3) is 5.91 Å². The van der Waals surface area contributed by atoms with Crippen LogP contribution in [-0.2, 0) is 24.9 Å². The van der Waals surface area contributed by atoms with Gasteiger partial charge in [0.2, 0.25) is 0 Å². The number of benzene rings is 1. The number of nitrogens with zero attached hydrogens (tertiary/aromatic N) is 5. The van der Waals surface area contributed by atoms with Crippen LogP contribution in [0.25, 0.3) is 0 Å². The molecular formula is C23H29N7O3. The Hall–Kier alpha value is -3.37. The quantitative estimate of drug-likeness (QED) is 0.478. The van der Waals surface area contributed by atoms with Crippen LogP contribution in [0, 0.1) is 0 Å². The number of ether oxygens (including phenoxy) is 1. The third kappa shape index (κ3) is 5.01. The van der Waals surface area contributed by atoms with Crippen molar-refractivity contribution in [3.05, 3.63) is 64.7 Å². The molecule has 0 fully saturated rings. The van der Waals surface area contributed by atoms with Gasteiger partial charge in [-0.1, -0.05) is 37.3 Å². The lowest BCUT2D eigenvalue weighted by Gasteiger charge is -2.20. The first-order chi connectivity index (χ1) is 16.0. The minimum Gasteiger partial charge on any atom is -0.373 e. The molecule has 2 N–H and O–H groups in total. The number of ketones is 1. The van der Waals surface area contributed by atoms with Gasteiger partial charge >= 0.3 is 0 Å². The summed E-state index contributed by atoms with van der Waals surface area (Å²) < 4.78 is 7.47. The lowest BCUT2D eigenvalue weighted by molar-refractivity contribution is 0.0781. The van der Waals surface area contributed by atoms with E-state index in [9.17, 15) is 9.59 Å². The number of hydrogen-bond acceptors (Lipinski definition) is 7. The number of nitrogens with one attached hydrogen (secondary N) is 2. The summed E-state index contributed by atoms with van der Waals surface area (Å²) in [5, 5.41) is 18.2. The number of Topliss-reactive ketones (excluding diaryl/α,β-unsaturated/α-hetero) is 1. The van der Waals surface area contributed by atoms with E-state index in [1.165, 1.54) is 4.80 Å². The van der Waals surface area contributed by atoms with Crippen molar-refractivity contribution in [2.75, 3.05) is 13.2 Å². The van der Waals surface area contributed by atoms with Crippen molar-refractivity contribution in [2.45, 2.75) is 45.5 Å². The first kappa shape index (κ1) is 22.8. The summed E-state index contributed by atoms with van der Waals surface area (Å²) in [6, 6.07) is 11.4. The van der Waals surface area contributed by atoms with E-state index < -0.39 is 6.04 Å². The summed E-state index contributed by atoms with van der Waals surface area (Å²) in [6.45, 7) is 5.34. The number of rotatable bonds is 9. The van der Waals surface area contributed by atoms with Crippen molar-refractivity contribution in [2.24, 2.45) is 7.05 Å². The molecule has 1 unspecified atom stereocenters. The number of carbonyl (C=O) groups excluding carboxylic acids is 2. The van der Waals surface area contributed by atoms with Crippen molar-refractivity contribution in [3.8, 4) is 0 Å². The molecule has 1 aliphatic rings. The highest BCUT2D eigenvalue weighted by Gasteiger charge is 2.27. The highest BCUT2D eigenvalue weighted by molar-refractivity contribution is 6.02. The Morgan fingerprint density at radius 1 is 1.24 bits per heavy atom. The monoisotopic (exact) mass is 451 g/mol. The standard InChI is InChI=1S/C23H29N7O3/c1-4-18(16-8-6-5-7-9-16)24-13-21(31)17-12-19(30-10-11-33-14-20(17)30)23(32)25-15(2)22-26-28-29(3)27-22/h5-9,12,15,18,24H,4,10-11,13-14H2,1-3H3,(H,25,32)/t15?,18-/m1/s1. The zero-order chi connectivity index (χ0) is 23.4. The number of carbonyl (C=O) groups is 2. The maximum Gasteiger partial charge on any atom is 0.268 e. The zero-order valence-corrected chi connectivity index (χ0v) is 19.1. The second-order valence-corrected chi connectivity index (χ2v) is 8.10. The molecular weight excluding hydrogens is 422 g/mol. The van der Waals surface area contributed by atoms with Gasteiger partial charge in [0.05, 0.1) is 38.5 Å². The van der Waals surface area contributed by atoms with E-state index in [0.717, 1.165) is 17.7 Å². The van der Waals surface area contributed by atoms with Gasteiger partial charge in [-0.3, -0.25) is 9.59 Å². The van der Waals surface area contributed by atoms with Gasteiger partial charge in [-0.05, 0) is 30.2 Å². The molecule has 4 rings (SSSR count). The van der Waals surface area contributed by atoms with Gasteiger partial charge in [-0.15, -0.1) is 10.2 Å². The van der Waals surface area contributed by atoms with Crippen LogP contribution < -0.4 is 10.6 Å². The van der Waals surface area contributed by atoms with Crippen LogP contribution in [0.15, 0.2) is 36.4 Å². The number of aryl methyl sites for hydroxylation is 1. The number of aromatic nitrogens is 5. The maximum absolute atomic E-state index is 13.2. The smallest absolute Gasteiger partial charge is 0.268 e. The third-order valence-electron chi connectivity index (χ3n) is 5.82. The predicted octanol–water partition coefficient (Wildman–Crippen LogP) is 1.96. The Kier molecular flexibility index (Phi) is 6.95. The summed E-state index contributed by atoms with van der Waals surface area (Å²) in [4.78, 5) is 27.6. The summed E-state index contributed by atoms with van der Waals surface area (Å²) >= 11 is 0. The fourth-order valence-electron chi connectivity index (χ4n) is 4.06.